The third-order valence-electron chi connectivity index (χ3n) is 2.06. The molecule has 0 unspecified atom stereocenters. The monoisotopic (exact) mass is 312 g/mol. The maximum atomic E-state index is 11.4. The van der Waals surface area contributed by atoms with Crippen LogP contribution in [0.5, 0.6) is 0 Å². The summed E-state index contributed by atoms with van der Waals surface area (Å²) >= 11 is 3.27. The maximum Gasteiger partial charge on any atom is 0.313 e. The van der Waals surface area contributed by atoms with E-state index in [0.29, 0.717) is 5.56 Å². The summed E-state index contributed by atoms with van der Waals surface area (Å²) in [5.41, 5.74) is 0.510. The third-order valence-corrected chi connectivity index (χ3v) is 2.59. The van der Waals surface area contributed by atoms with Gasteiger partial charge in [0.15, 0.2) is 5.78 Å². The zero-order valence-electron chi connectivity index (χ0n) is 9.85. The van der Waals surface area contributed by atoms with E-state index in [4.69, 9.17) is 0 Å². The Morgan fingerprint density at radius 1 is 1.33 bits per heavy atom. The van der Waals surface area contributed by atoms with Crippen LogP contribution in [-0.4, -0.2) is 23.5 Å². The van der Waals surface area contributed by atoms with Crippen LogP contribution in [0.4, 0.5) is 0 Å². The lowest BCUT2D eigenvalue weighted by atomic mass is 10.1. The third kappa shape index (κ3) is 4.71. The lowest BCUT2D eigenvalue weighted by Gasteiger charge is -2.01. The number of hydrogen-bond donors (Lipinski definition) is 1. The van der Waals surface area contributed by atoms with Crippen molar-refractivity contribution in [2.75, 3.05) is 6.61 Å². The Morgan fingerprint density at radius 3 is 2.50 bits per heavy atom. The zero-order valence-corrected chi connectivity index (χ0v) is 11.4. The average molecular weight is 313 g/mol. The lowest BCUT2D eigenvalue weighted by molar-refractivity contribution is -0.144. The molecule has 1 aromatic rings. The van der Waals surface area contributed by atoms with Crippen molar-refractivity contribution in [3.8, 4) is 0 Å². The molecule has 0 saturated carbocycles. The number of allylic oxidation sites excluding steroid dienone is 1. The molecule has 0 aromatic heterocycles. The number of ether oxygens (including phenoxy) is 1. The Morgan fingerprint density at radius 2 is 1.94 bits per heavy atom. The second-order valence-corrected chi connectivity index (χ2v) is 4.40. The minimum absolute atomic E-state index is 0.170. The second-order valence-electron chi connectivity index (χ2n) is 3.48. The molecular weight excluding hydrogens is 300 g/mol. The van der Waals surface area contributed by atoms with Gasteiger partial charge in [-0.3, -0.25) is 9.59 Å². The first-order valence-corrected chi connectivity index (χ1v) is 6.17. The fourth-order valence-electron chi connectivity index (χ4n) is 1.26. The summed E-state index contributed by atoms with van der Waals surface area (Å²) in [6.07, 6.45) is 0.661. The molecule has 0 aliphatic heterocycles. The van der Waals surface area contributed by atoms with Crippen molar-refractivity contribution in [1.82, 2.24) is 0 Å². The van der Waals surface area contributed by atoms with Crippen LogP contribution in [-0.2, 0) is 14.3 Å². The van der Waals surface area contributed by atoms with E-state index in [2.05, 4.69) is 20.7 Å². The van der Waals surface area contributed by atoms with Gasteiger partial charge in [-0.1, -0.05) is 28.1 Å². The molecule has 0 heterocycles. The number of aliphatic hydroxyl groups is 1. The van der Waals surface area contributed by atoms with Gasteiger partial charge < -0.3 is 9.84 Å². The van der Waals surface area contributed by atoms with Gasteiger partial charge >= 0.3 is 5.97 Å². The Labute approximate surface area is 113 Å². The number of carbonyl (C=O) groups is 2. The fourth-order valence-corrected chi connectivity index (χ4v) is 1.53. The van der Waals surface area contributed by atoms with Crippen LogP contribution in [0.15, 0.2) is 34.8 Å². The van der Waals surface area contributed by atoms with Crippen LogP contribution in [0, 0.1) is 0 Å². The van der Waals surface area contributed by atoms with Crippen molar-refractivity contribution >= 4 is 33.4 Å². The molecule has 0 aliphatic rings. The van der Waals surface area contributed by atoms with E-state index in [-0.39, 0.29) is 18.8 Å². The summed E-state index contributed by atoms with van der Waals surface area (Å²) < 4.78 is 5.51. The van der Waals surface area contributed by atoms with Crippen LogP contribution in [0.2, 0.25) is 0 Å². The Kier molecular flexibility index (Phi) is 5.58. The maximum absolute atomic E-state index is 11.4. The zero-order chi connectivity index (χ0) is 13.5. The van der Waals surface area contributed by atoms with Crippen molar-refractivity contribution in [3.05, 3.63) is 40.4 Å². The molecule has 0 saturated heterocycles. The summed E-state index contributed by atoms with van der Waals surface area (Å²) in [5, 5.41) is 9.70. The van der Waals surface area contributed by atoms with E-state index in [1.165, 1.54) is 0 Å². The molecule has 0 spiro atoms. The van der Waals surface area contributed by atoms with Crippen LogP contribution in [0.1, 0.15) is 18.9 Å². The van der Waals surface area contributed by atoms with E-state index in [1.807, 2.05) is 0 Å². The number of esters is 1. The molecule has 96 valence electrons. The highest BCUT2D eigenvalue weighted by Gasteiger charge is 2.09. The summed E-state index contributed by atoms with van der Waals surface area (Å²) in [4.78, 5) is 22.5. The summed E-state index contributed by atoms with van der Waals surface area (Å²) in [6, 6.07) is 6.81. The number of carbonyl (C=O) groups excluding carboxylic acids is 2. The van der Waals surface area contributed by atoms with Crippen molar-refractivity contribution in [2.45, 2.75) is 13.3 Å². The summed E-state index contributed by atoms with van der Waals surface area (Å²) in [5.74, 6) is -1.26. The first-order chi connectivity index (χ1) is 8.52. The number of ketones is 1. The molecule has 0 atom stereocenters. The van der Waals surface area contributed by atoms with E-state index in [9.17, 15) is 14.7 Å². The molecule has 0 bridgehead atoms. The molecule has 5 heteroatoms. The fraction of sp³-hybridized carbons (Fsp3) is 0.231. The number of hydrogen-bond acceptors (Lipinski definition) is 4. The summed E-state index contributed by atoms with van der Waals surface area (Å²) in [6.45, 7) is 1.89. The van der Waals surface area contributed by atoms with Gasteiger partial charge in [0.2, 0.25) is 0 Å². The number of aliphatic hydroxyl groups excluding tert-OH is 1. The van der Waals surface area contributed by atoms with Gasteiger partial charge in [-0.25, -0.2) is 0 Å². The minimum Gasteiger partial charge on any atom is -0.507 e. The van der Waals surface area contributed by atoms with Gasteiger partial charge in [0.05, 0.1) is 6.61 Å². The first kappa shape index (κ1) is 14.4. The predicted octanol–water partition coefficient (Wildman–Crippen LogP) is 2.87. The van der Waals surface area contributed by atoms with Gasteiger partial charge in [-0.15, -0.1) is 0 Å². The Balaban J connectivity index is 2.68. The van der Waals surface area contributed by atoms with E-state index < -0.39 is 11.8 Å². The van der Waals surface area contributed by atoms with Gasteiger partial charge in [-0.05, 0) is 19.1 Å². The van der Waals surface area contributed by atoms with Crippen molar-refractivity contribution < 1.29 is 19.4 Å². The van der Waals surface area contributed by atoms with Crippen LogP contribution in [0.3, 0.4) is 0 Å². The highest BCUT2D eigenvalue weighted by molar-refractivity contribution is 9.10. The van der Waals surface area contributed by atoms with Gasteiger partial charge in [0.25, 0.3) is 0 Å². The van der Waals surface area contributed by atoms with Crippen LogP contribution < -0.4 is 0 Å². The molecule has 0 fully saturated rings. The molecule has 1 rings (SSSR count). The Bertz CT molecular complexity index is 462. The average Bonchev–Trinajstić information content (AvgIpc) is 2.29. The Hall–Kier alpha value is -1.62. The molecular formula is C13H13BrO4. The topological polar surface area (TPSA) is 63.6 Å². The van der Waals surface area contributed by atoms with Crippen LogP contribution in [0.25, 0.3) is 5.76 Å². The molecule has 18 heavy (non-hydrogen) atoms. The highest BCUT2D eigenvalue weighted by atomic mass is 79.9. The van der Waals surface area contributed by atoms with Gasteiger partial charge in [-0.2, -0.15) is 0 Å². The molecule has 0 aliphatic carbocycles. The van der Waals surface area contributed by atoms with E-state index >= 15 is 0 Å². The molecule has 0 radical (unpaired) electrons. The second kappa shape index (κ2) is 6.96. The molecule has 1 aromatic carbocycles. The van der Waals surface area contributed by atoms with E-state index in [1.54, 1.807) is 31.2 Å². The predicted molar refractivity (Wildman–Crippen MR) is 71.0 cm³/mol. The standard InChI is InChI=1S/C13H13BrO4/c1-2-18-13(17)8-11(15)7-12(16)9-3-5-10(14)6-4-9/h3-7,16H,2,8H2,1H3/b12-7-. The van der Waals surface area contributed by atoms with Crippen molar-refractivity contribution in [1.29, 1.82) is 0 Å². The number of benzene rings is 1. The highest BCUT2D eigenvalue weighted by Crippen LogP contribution is 2.16. The molecule has 0 amide bonds. The normalized spacial score (nSPS) is 11.1. The van der Waals surface area contributed by atoms with Crippen LogP contribution >= 0.6 is 15.9 Å². The quantitative estimate of drug-likeness (QED) is 0.393. The summed E-state index contributed by atoms with van der Waals surface area (Å²) in [7, 11) is 0. The van der Waals surface area contributed by atoms with Crippen molar-refractivity contribution in [3.63, 3.8) is 0 Å². The van der Waals surface area contributed by atoms with Gasteiger partial charge in [0, 0.05) is 16.1 Å². The SMILES string of the molecule is CCOC(=O)CC(=O)/C=C(\O)c1ccc(Br)cc1. The van der Waals surface area contributed by atoms with E-state index in [0.717, 1.165) is 10.5 Å². The number of halogens is 1. The smallest absolute Gasteiger partial charge is 0.313 e. The number of rotatable bonds is 5. The van der Waals surface area contributed by atoms with Crippen molar-refractivity contribution in [2.24, 2.45) is 0 Å². The minimum atomic E-state index is -0.595. The lowest BCUT2D eigenvalue weighted by Crippen LogP contribution is -2.09. The largest absolute Gasteiger partial charge is 0.507 e. The molecule has 4 nitrogen and oxygen atoms in total. The molecule has 1 N–H and O–H groups in total. The first-order valence-electron chi connectivity index (χ1n) is 5.38. The van der Waals surface area contributed by atoms with Gasteiger partial charge in [0.1, 0.15) is 12.2 Å².